The monoisotopic (exact) mass is 444 g/mol. The predicted molar refractivity (Wildman–Crippen MR) is 97.9 cm³/mol. The summed E-state index contributed by atoms with van der Waals surface area (Å²) in [5, 5.41) is 11.4. The number of nitrogens with two attached hydrogens (primary N) is 1. The molecule has 0 fully saturated rings. The molecule has 0 saturated carbocycles. The molecule has 3 aromatic rings. The third kappa shape index (κ3) is 4.41. The number of thiazole rings is 1. The highest BCUT2D eigenvalue weighted by atomic mass is 32.1. The minimum absolute atomic E-state index is 0.168. The molecule has 0 aliphatic carbocycles. The normalized spacial score (nSPS) is 12.6. The zero-order chi connectivity index (χ0) is 22.1. The van der Waals surface area contributed by atoms with E-state index in [1.165, 1.54) is 17.5 Å². The van der Waals surface area contributed by atoms with Gasteiger partial charge in [0.1, 0.15) is 16.4 Å². The van der Waals surface area contributed by atoms with Gasteiger partial charge in [-0.25, -0.2) is 13.8 Å². The fourth-order valence-electron chi connectivity index (χ4n) is 2.56. The highest BCUT2D eigenvalue weighted by Gasteiger charge is 2.30. The molecule has 5 nitrogen and oxygen atoms in total. The van der Waals surface area contributed by atoms with E-state index in [1.54, 1.807) is 0 Å². The van der Waals surface area contributed by atoms with Crippen molar-refractivity contribution in [3.05, 3.63) is 70.2 Å². The van der Waals surface area contributed by atoms with E-state index in [0.717, 1.165) is 35.6 Å². The van der Waals surface area contributed by atoms with Crippen LogP contribution in [0.1, 0.15) is 27.7 Å². The minimum atomic E-state index is -4.47. The lowest BCUT2D eigenvalue weighted by Gasteiger charge is -2.16. The first-order valence-corrected chi connectivity index (χ1v) is 9.18. The van der Waals surface area contributed by atoms with Crippen LogP contribution in [0.15, 0.2) is 41.8 Å². The molecule has 3 rings (SSSR count). The zero-order valence-corrected chi connectivity index (χ0v) is 15.7. The predicted octanol–water partition coefficient (Wildman–Crippen LogP) is 4.32. The Kier molecular flexibility index (Phi) is 6.04. The van der Waals surface area contributed by atoms with Crippen molar-refractivity contribution in [2.75, 3.05) is 6.61 Å². The van der Waals surface area contributed by atoms with Crippen molar-refractivity contribution in [1.29, 1.82) is 0 Å². The third-order valence-corrected chi connectivity index (χ3v) is 4.96. The maximum Gasteiger partial charge on any atom is 0.416 e. The topological polar surface area (TPSA) is 85.4 Å². The first kappa shape index (κ1) is 21.7. The van der Waals surface area contributed by atoms with E-state index in [-0.39, 0.29) is 5.69 Å². The fourth-order valence-corrected chi connectivity index (χ4v) is 3.43. The Morgan fingerprint density at radius 2 is 1.83 bits per heavy atom. The molecular weight excluding hydrogens is 431 g/mol. The highest BCUT2D eigenvalue weighted by Crippen LogP contribution is 2.33. The maximum absolute atomic E-state index is 14.3. The summed E-state index contributed by atoms with van der Waals surface area (Å²) in [5.74, 6) is -4.33. The Balaban J connectivity index is 1.85. The van der Waals surface area contributed by atoms with Crippen molar-refractivity contribution in [3.63, 3.8) is 0 Å². The Morgan fingerprint density at radius 1 is 1.17 bits per heavy atom. The lowest BCUT2D eigenvalue weighted by atomic mass is 10.1. The zero-order valence-electron chi connectivity index (χ0n) is 14.9. The highest BCUT2D eigenvalue weighted by molar-refractivity contribution is 7.13. The summed E-state index contributed by atoms with van der Waals surface area (Å²) in [6.07, 6.45) is -5.64. The van der Waals surface area contributed by atoms with Crippen molar-refractivity contribution in [1.82, 2.24) is 4.98 Å². The smallest absolute Gasteiger partial charge is 0.416 e. The maximum atomic E-state index is 14.3. The number of hydrogen-bond acceptors (Lipinski definition) is 5. The van der Waals surface area contributed by atoms with Gasteiger partial charge in [-0.3, -0.25) is 4.79 Å². The molecule has 1 amide bonds. The molecule has 11 heteroatoms. The van der Waals surface area contributed by atoms with E-state index >= 15 is 0 Å². The summed E-state index contributed by atoms with van der Waals surface area (Å²) in [7, 11) is 0. The Hall–Kier alpha value is -3.05. The number of aromatic nitrogens is 1. The molecule has 3 N–H and O–H groups in total. The molecule has 0 bridgehead atoms. The molecule has 1 unspecified atom stereocenters. The number of ether oxygens (including phenoxy) is 1. The molecule has 30 heavy (non-hydrogen) atoms. The van der Waals surface area contributed by atoms with E-state index in [2.05, 4.69) is 4.98 Å². The number of benzene rings is 2. The fraction of sp³-hybridized carbons (Fsp3) is 0.158. The van der Waals surface area contributed by atoms with Gasteiger partial charge >= 0.3 is 6.18 Å². The van der Waals surface area contributed by atoms with Crippen molar-refractivity contribution < 1.29 is 36.6 Å². The van der Waals surface area contributed by atoms with Crippen LogP contribution in [-0.4, -0.2) is 22.6 Å². The lowest BCUT2D eigenvalue weighted by Crippen LogP contribution is -2.18. The minimum Gasteiger partial charge on any atom is -0.479 e. The lowest BCUT2D eigenvalue weighted by molar-refractivity contribution is -0.137. The standard InChI is InChI=1S/C19H13F5N2O3S/c20-11-5-6-13(16(21)15(11)17(25)28)29-14(7-27)12-8-30-18(26-12)9-1-3-10(4-2-9)19(22,23)24/h1-6,8,14,27H,7H2,(H2,25,28). The average molecular weight is 444 g/mol. The summed E-state index contributed by atoms with van der Waals surface area (Å²) in [5.41, 5.74) is 3.74. The van der Waals surface area contributed by atoms with E-state index in [4.69, 9.17) is 10.5 Å². The van der Waals surface area contributed by atoms with Crippen molar-refractivity contribution >= 4 is 17.2 Å². The van der Waals surface area contributed by atoms with Gasteiger partial charge in [-0.05, 0) is 24.3 Å². The van der Waals surface area contributed by atoms with Gasteiger partial charge in [-0.2, -0.15) is 13.2 Å². The van der Waals surface area contributed by atoms with Crippen molar-refractivity contribution in [2.45, 2.75) is 12.3 Å². The van der Waals surface area contributed by atoms with Gasteiger partial charge in [0.25, 0.3) is 5.91 Å². The molecule has 2 aromatic carbocycles. The van der Waals surface area contributed by atoms with Crippen LogP contribution in [-0.2, 0) is 6.18 Å². The number of carbonyl (C=O) groups excluding carboxylic acids is 1. The van der Waals surface area contributed by atoms with E-state index in [1.807, 2.05) is 0 Å². The van der Waals surface area contributed by atoms with Crippen LogP contribution >= 0.6 is 11.3 Å². The third-order valence-electron chi connectivity index (χ3n) is 4.05. The molecule has 0 aliphatic heterocycles. The second-order valence-electron chi connectivity index (χ2n) is 6.04. The van der Waals surface area contributed by atoms with Crippen molar-refractivity contribution in [3.8, 4) is 16.3 Å². The summed E-state index contributed by atoms with van der Waals surface area (Å²) in [4.78, 5) is 15.4. The average Bonchev–Trinajstić information content (AvgIpc) is 3.17. The quantitative estimate of drug-likeness (QED) is 0.555. The number of amides is 1. The van der Waals surface area contributed by atoms with Gasteiger partial charge in [-0.15, -0.1) is 11.3 Å². The number of carbonyl (C=O) groups is 1. The van der Waals surface area contributed by atoms with Crippen LogP contribution in [0.3, 0.4) is 0 Å². The van der Waals surface area contributed by atoms with Crippen LogP contribution in [0, 0.1) is 11.6 Å². The number of primary amides is 1. The number of aliphatic hydroxyl groups is 1. The molecule has 1 heterocycles. The van der Waals surface area contributed by atoms with Gasteiger partial charge in [0, 0.05) is 10.9 Å². The van der Waals surface area contributed by atoms with Crippen LogP contribution in [0.25, 0.3) is 10.6 Å². The molecule has 0 aliphatic rings. The Bertz CT molecular complexity index is 1070. The summed E-state index contributed by atoms with van der Waals surface area (Å²) >= 11 is 1.07. The number of aliphatic hydroxyl groups excluding tert-OH is 1. The van der Waals surface area contributed by atoms with E-state index in [0.29, 0.717) is 10.6 Å². The van der Waals surface area contributed by atoms with Crippen LogP contribution < -0.4 is 10.5 Å². The summed E-state index contributed by atoms with van der Waals surface area (Å²) in [6.45, 7) is -0.640. The van der Waals surface area contributed by atoms with E-state index < -0.39 is 53.3 Å². The van der Waals surface area contributed by atoms with Crippen LogP contribution in [0.5, 0.6) is 5.75 Å². The molecule has 1 aromatic heterocycles. The first-order valence-electron chi connectivity index (χ1n) is 8.30. The number of halogens is 5. The Labute approximate surface area is 170 Å². The number of hydrogen-bond donors (Lipinski definition) is 2. The molecule has 0 saturated heterocycles. The molecule has 1 atom stereocenters. The van der Waals surface area contributed by atoms with Gasteiger partial charge in [0.2, 0.25) is 0 Å². The van der Waals surface area contributed by atoms with Gasteiger partial charge in [-0.1, -0.05) is 12.1 Å². The second-order valence-corrected chi connectivity index (χ2v) is 6.90. The number of alkyl halides is 3. The summed E-state index contributed by atoms with van der Waals surface area (Å²) in [6, 6.07) is 6.05. The number of rotatable bonds is 6. The van der Waals surface area contributed by atoms with Crippen LogP contribution in [0.4, 0.5) is 22.0 Å². The molecular formula is C19H13F5N2O3S. The van der Waals surface area contributed by atoms with Gasteiger partial charge < -0.3 is 15.6 Å². The molecule has 0 spiro atoms. The van der Waals surface area contributed by atoms with Crippen LogP contribution in [0.2, 0.25) is 0 Å². The molecule has 0 radical (unpaired) electrons. The largest absolute Gasteiger partial charge is 0.479 e. The summed E-state index contributed by atoms with van der Waals surface area (Å²) < 4.78 is 71.3. The number of nitrogens with zero attached hydrogens (tertiary/aromatic N) is 1. The van der Waals surface area contributed by atoms with Crippen molar-refractivity contribution in [2.24, 2.45) is 5.73 Å². The van der Waals surface area contributed by atoms with Gasteiger partial charge in [0.05, 0.1) is 17.9 Å². The SMILES string of the molecule is NC(=O)c1c(F)ccc(OC(CO)c2csc(-c3ccc(C(F)(F)F)cc3)n2)c1F. The second kappa shape index (κ2) is 8.36. The van der Waals surface area contributed by atoms with Gasteiger partial charge in [0.15, 0.2) is 17.7 Å². The van der Waals surface area contributed by atoms with E-state index in [9.17, 15) is 31.9 Å². The molecule has 158 valence electrons. The first-order chi connectivity index (χ1) is 14.1. The Morgan fingerprint density at radius 3 is 2.40 bits per heavy atom.